The molecular formula is C8H7N3O2S. The third-order valence-corrected chi connectivity index (χ3v) is 2.59. The lowest BCUT2D eigenvalue weighted by atomic mass is 10.4. The lowest BCUT2D eigenvalue weighted by molar-refractivity contribution is 0.412. The minimum absolute atomic E-state index is 0.366. The molecule has 2 rings (SSSR count). The molecule has 0 aliphatic rings. The van der Waals surface area contributed by atoms with Gasteiger partial charge in [-0.25, -0.2) is 14.8 Å². The molecular weight excluding hydrogens is 202 g/mol. The molecule has 0 aromatic carbocycles. The lowest BCUT2D eigenvalue weighted by Gasteiger charge is -1.93. The Hall–Kier alpha value is -1.69. The monoisotopic (exact) mass is 209 g/mol. The smallest absolute Gasteiger partial charge is 0.345 e. The number of hydrogen-bond donors (Lipinski definition) is 1. The first-order valence-electron chi connectivity index (χ1n) is 3.85. The predicted molar refractivity (Wildman–Crippen MR) is 52.5 cm³/mol. The fourth-order valence-electron chi connectivity index (χ4n) is 0.989. The van der Waals surface area contributed by atoms with E-state index in [1.165, 1.54) is 17.5 Å². The van der Waals surface area contributed by atoms with Crippen LogP contribution in [0.3, 0.4) is 0 Å². The highest BCUT2D eigenvalue weighted by Crippen LogP contribution is 2.27. The minimum atomic E-state index is -0.366. The van der Waals surface area contributed by atoms with Gasteiger partial charge in [-0.2, -0.15) is 0 Å². The van der Waals surface area contributed by atoms with Gasteiger partial charge in [-0.1, -0.05) is 11.3 Å². The number of ether oxygens (including phenoxy) is 1. The highest BCUT2D eigenvalue weighted by Gasteiger charge is 2.04. The zero-order valence-corrected chi connectivity index (χ0v) is 8.17. The van der Waals surface area contributed by atoms with Gasteiger partial charge in [0, 0.05) is 6.20 Å². The van der Waals surface area contributed by atoms with Gasteiger partial charge >= 0.3 is 5.69 Å². The number of nitrogens with zero attached hydrogens (tertiary/aromatic N) is 2. The van der Waals surface area contributed by atoms with E-state index in [2.05, 4.69) is 15.0 Å². The fourth-order valence-corrected chi connectivity index (χ4v) is 1.70. The first-order valence-corrected chi connectivity index (χ1v) is 4.67. The summed E-state index contributed by atoms with van der Waals surface area (Å²) in [5.41, 5.74) is 0.334. The molecule has 0 saturated carbocycles. The van der Waals surface area contributed by atoms with Crippen molar-refractivity contribution >= 4 is 11.3 Å². The molecule has 0 atom stereocenters. The third-order valence-electron chi connectivity index (χ3n) is 1.60. The molecule has 0 spiro atoms. The maximum absolute atomic E-state index is 10.9. The highest BCUT2D eigenvalue weighted by molar-refractivity contribution is 7.16. The summed E-state index contributed by atoms with van der Waals surface area (Å²) >= 11 is 1.36. The maximum atomic E-state index is 10.9. The van der Waals surface area contributed by atoms with Crippen LogP contribution in [-0.4, -0.2) is 22.1 Å². The van der Waals surface area contributed by atoms with Gasteiger partial charge in [-0.15, -0.1) is 0 Å². The molecule has 5 nitrogen and oxygen atoms in total. The van der Waals surface area contributed by atoms with Crippen molar-refractivity contribution in [3.8, 4) is 15.8 Å². The van der Waals surface area contributed by atoms with Crippen LogP contribution in [0.1, 0.15) is 0 Å². The summed E-state index contributed by atoms with van der Waals surface area (Å²) in [5, 5.41) is 0.567. The topological polar surface area (TPSA) is 67.9 Å². The molecule has 0 unspecified atom stereocenters. The minimum Gasteiger partial charge on any atom is -0.473 e. The van der Waals surface area contributed by atoms with Crippen molar-refractivity contribution in [2.45, 2.75) is 0 Å². The van der Waals surface area contributed by atoms with Crippen LogP contribution in [0, 0.1) is 0 Å². The van der Waals surface area contributed by atoms with Crippen LogP contribution in [0.25, 0.3) is 10.6 Å². The summed E-state index contributed by atoms with van der Waals surface area (Å²) in [7, 11) is 1.55. The van der Waals surface area contributed by atoms with E-state index in [4.69, 9.17) is 4.74 Å². The van der Waals surface area contributed by atoms with E-state index >= 15 is 0 Å². The van der Waals surface area contributed by atoms with Gasteiger partial charge in [-0.05, 0) is 6.07 Å². The van der Waals surface area contributed by atoms with Gasteiger partial charge < -0.3 is 9.72 Å². The van der Waals surface area contributed by atoms with Gasteiger partial charge in [0.2, 0.25) is 0 Å². The van der Waals surface area contributed by atoms with E-state index < -0.39 is 0 Å². The highest BCUT2D eigenvalue weighted by atomic mass is 32.1. The van der Waals surface area contributed by atoms with Crippen LogP contribution >= 0.6 is 11.3 Å². The Kier molecular flexibility index (Phi) is 2.28. The van der Waals surface area contributed by atoms with Crippen LogP contribution in [0.4, 0.5) is 0 Å². The summed E-state index contributed by atoms with van der Waals surface area (Å²) in [4.78, 5) is 21.9. The quantitative estimate of drug-likeness (QED) is 0.798. The second kappa shape index (κ2) is 3.59. The van der Waals surface area contributed by atoms with E-state index in [9.17, 15) is 4.79 Å². The summed E-state index contributed by atoms with van der Waals surface area (Å²) in [6.45, 7) is 0. The summed E-state index contributed by atoms with van der Waals surface area (Å²) in [6, 6.07) is 1.72. The first-order chi connectivity index (χ1) is 6.79. The molecule has 0 bridgehead atoms. The van der Waals surface area contributed by atoms with E-state index in [-0.39, 0.29) is 5.69 Å². The second-order valence-electron chi connectivity index (χ2n) is 2.48. The van der Waals surface area contributed by atoms with Crippen LogP contribution in [0.15, 0.2) is 23.3 Å². The number of rotatable bonds is 2. The Morgan fingerprint density at radius 1 is 1.50 bits per heavy atom. The van der Waals surface area contributed by atoms with Crippen molar-refractivity contribution in [3.05, 3.63) is 28.9 Å². The molecule has 0 saturated heterocycles. The number of methoxy groups -OCH3 is 1. The Morgan fingerprint density at radius 2 is 2.36 bits per heavy atom. The van der Waals surface area contributed by atoms with Crippen molar-refractivity contribution < 1.29 is 4.74 Å². The van der Waals surface area contributed by atoms with Crippen molar-refractivity contribution in [1.29, 1.82) is 0 Å². The fraction of sp³-hybridized carbons (Fsp3) is 0.125. The largest absolute Gasteiger partial charge is 0.473 e. The molecule has 2 heterocycles. The molecule has 0 radical (unpaired) electrons. The van der Waals surface area contributed by atoms with Crippen LogP contribution in [0.5, 0.6) is 5.19 Å². The number of nitrogens with one attached hydrogen (secondary N) is 1. The van der Waals surface area contributed by atoms with Crippen molar-refractivity contribution in [2.75, 3.05) is 7.11 Å². The summed E-state index contributed by atoms with van der Waals surface area (Å²) in [6.07, 6.45) is 3.11. The summed E-state index contributed by atoms with van der Waals surface area (Å²) in [5.74, 6) is 0. The van der Waals surface area contributed by atoms with Crippen molar-refractivity contribution in [1.82, 2.24) is 15.0 Å². The van der Waals surface area contributed by atoms with Crippen molar-refractivity contribution in [3.63, 3.8) is 0 Å². The zero-order valence-electron chi connectivity index (χ0n) is 7.35. The second-order valence-corrected chi connectivity index (χ2v) is 3.48. The predicted octanol–water partition coefficient (Wildman–Crippen LogP) is 0.902. The van der Waals surface area contributed by atoms with Crippen molar-refractivity contribution in [2.24, 2.45) is 0 Å². The Bertz CT molecular complexity index is 491. The SMILES string of the molecule is COc1ncc(-c2ccnc(=O)[nH]2)s1. The van der Waals surface area contributed by atoms with Gasteiger partial charge in [0.15, 0.2) is 0 Å². The van der Waals surface area contributed by atoms with Gasteiger partial charge in [0.25, 0.3) is 5.19 Å². The number of hydrogen-bond acceptors (Lipinski definition) is 5. The molecule has 14 heavy (non-hydrogen) atoms. The van der Waals surface area contributed by atoms with E-state index in [1.54, 1.807) is 19.4 Å². The van der Waals surface area contributed by atoms with Gasteiger partial charge in [-0.3, -0.25) is 0 Å². The van der Waals surface area contributed by atoms with Crippen LogP contribution in [0.2, 0.25) is 0 Å². The molecule has 2 aromatic rings. The van der Waals surface area contributed by atoms with E-state index in [0.717, 1.165) is 4.88 Å². The van der Waals surface area contributed by atoms with Gasteiger partial charge in [0.05, 0.1) is 23.9 Å². The number of aromatic amines is 1. The zero-order chi connectivity index (χ0) is 9.97. The average molecular weight is 209 g/mol. The van der Waals surface area contributed by atoms with E-state index in [1.807, 2.05) is 0 Å². The number of H-pyrrole nitrogens is 1. The normalized spacial score (nSPS) is 10.1. The molecule has 0 fully saturated rings. The Labute approximate surface area is 83.4 Å². The molecule has 0 amide bonds. The van der Waals surface area contributed by atoms with E-state index in [0.29, 0.717) is 10.9 Å². The van der Waals surface area contributed by atoms with Crippen LogP contribution in [-0.2, 0) is 0 Å². The first kappa shape index (κ1) is 8.89. The number of thiazole rings is 1. The van der Waals surface area contributed by atoms with Gasteiger partial charge in [0.1, 0.15) is 0 Å². The standard InChI is InChI=1S/C8H7N3O2S/c1-13-8-10-4-6(14-8)5-2-3-9-7(12)11-5/h2-4H,1H3,(H,9,11,12). The Balaban J connectivity index is 2.44. The van der Waals surface area contributed by atoms with Crippen LogP contribution < -0.4 is 10.4 Å². The molecule has 1 N–H and O–H groups in total. The molecule has 2 aromatic heterocycles. The third kappa shape index (κ3) is 1.64. The Morgan fingerprint density at radius 3 is 3.00 bits per heavy atom. The molecule has 0 aliphatic heterocycles. The summed E-state index contributed by atoms with van der Waals surface area (Å²) < 4.78 is 4.95. The maximum Gasteiger partial charge on any atom is 0.345 e. The molecule has 6 heteroatoms. The lowest BCUT2D eigenvalue weighted by Crippen LogP contribution is -2.08. The average Bonchev–Trinajstić information content (AvgIpc) is 2.66. The number of aromatic nitrogens is 3. The molecule has 72 valence electrons. The molecule has 0 aliphatic carbocycles.